The maximum absolute atomic E-state index is 14.7. The lowest BCUT2D eigenvalue weighted by Crippen LogP contribution is -2.23. The van der Waals surface area contributed by atoms with E-state index in [1.807, 2.05) is 6.07 Å². The predicted octanol–water partition coefficient (Wildman–Crippen LogP) is 5.01. The molecule has 34 heavy (non-hydrogen) atoms. The molecule has 2 heterocycles. The van der Waals surface area contributed by atoms with Gasteiger partial charge in [0.05, 0.1) is 18.6 Å². The van der Waals surface area contributed by atoms with E-state index in [9.17, 15) is 14.0 Å². The van der Waals surface area contributed by atoms with E-state index in [4.69, 9.17) is 9.15 Å². The Morgan fingerprint density at radius 2 is 1.91 bits per heavy atom. The average Bonchev–Trinajstić information content (AvgIpc) is 3.23. The predicted molar refractivity (Wildman–Crippen MR) is 129 cm³/mol. The number of para-hydroxylation sites is 2. The van der Waals surface area contributed by atoms with Gasteiger partial charge in [-0.15, -0.1) is 0 Å². The van der Waals surface area contributed by atoms with Crippen molar-refractivity contribution in [3.05, 3.63) is 89.0 Å². The van der Waals surface area contributed by atoms with Crippen molar-refractivity contribution in [1.29, 1.82) is 0 Å². The molecular weight excluding hydrogens is 457 g/mol. The Kier molecular flexibility index (Phi) is 5.77. The summed E-state index contributed by atoms with van der Waals surface area (Å²) in [5.74, 6) is -0.355. The second-order valence-electron chi connectivity index (χ2n) is 7.33. The number of benzene rings is 3. The number of hydrogen-bond acceptors (Lipinski definition) is 6. The van der Waals surface area contributed by atoms with Gasteiger partial charge in [0.15, 0.2) is 5.16 Å². The summed E-state index contributed by atoms with van der Waals surface area (Å²) < 4.78 is 26.7. The van der Waals surface area contributed by atoms with Crippen molar-refractivity contribution < 1.29 is 18.3 Å². The quantitative estimate of drug-likeness (QED) is 0.274. The average molecular weight is 476 g/mol. The fourth-order valence-corrected chi connectivity index (χ4v) is 4.39. The number of ether oxygens (including phenoxy) is 1. The second kappa shape index (κ2) is 9.03. The number of thioether (sulfide) groups is 1. The molecule has 3 aromatic carbocycles. The number of anilines is 1. The molecule has 0 aliphatic heterocycles. The summed E-state index contributed by atoms with van der Waals surface area (Å²) in [6, 6.07) is 20.0. The number of rotatable bonds is 6. The van der Waals surface area contributed by atoms with E-state index in [1.165, 1.54) is 18.2 Å². The summed E-state index contributed by atoms with van der Waals surface area (Å²) in [5.41, 5.74) is 0.930. The molecule has 0 saturated heterocycles. The van der Waals surface area contributed by atoms with Gasteiger partial charge >= 0.3 is 5.56 Å². The van der Waals surface area contributed by atoms with Gasteiger partial charge in [0.2, 0.25) is 11.5 Å². The number of carbonyl (C=O) groups excluding carboxylic acids is 1. The number of aromatic nitrogens is 2. The smallest absolute Gasteiger partial charge is 0.302 e. The fraction of sp³-hybridized carbons (Fsp3) is 0.0800. The fourth-order valence-electron chi connectivity index (χ4n) is 3.59. The van der Waals surface area contributed by atoms with Gasteiger partial charge in [-0.3, -0.25) is 9.59 Å². The standard InChI is InChI=1S/C25H18FN3O4S/c1-32-16-8-6-7-15(13-16)27-21(30)14-34-25-28-22-17-9-2-5-12-20(17)33-23(22)24(31)29(25)19-11-4-3-10-18(19)26/h2-13H,14H2,1H3,(H,27,30). The van der Waals surface area contributed by atoms with Crippen LogP contribution in [0, 0.1) is 5.82 Å². The summed E-state index contributed by atoms with van der Waals surface area (Å²) in [6.07, 6.45) is 0. The minimum atomic E-state index is -0.593. The summed E-state index contributed by atoms with van der Waals surface area (Å²) in [6.45, 7) is 0. The van der Waals surface area contributed by atoms with Gasteiger partial charge in [0.25, 0.3) is 0 Å². The number of furan rings is 1. The molecular formula is C25H18FN3O4S. The van der Waals surface area contributed by atoms with E-state index < -0.39 is 11.4 Å². The third-order valence-electron chi connectivity index (χ3n) is 5.14. The highest BCUT2D eigenvalue weighted by molar-refractivity contribution is 7.99. The largest absolute Gasteiger partial charge is 0.497 e. The number of carbonyl (C=O) groups is 1. The molecule has 9 heteroatoms. The third-order valence-corrected chi connectivity index (χ3v) is 6.08. The van der Waals surface area contributed by atoms with E-state index >= 15 is 0 Å². The number of halogens is 1. The molecule has 0 aliphatic rings. The van der Waals surface area contributed by atoms with Gasteiger partial charge in [0.1, 0.15) is 22.7 Å². The maximum atomic E-state index is 14.7. The van der Waals surface area contributed by atoms with Crippen LogP contribution in [-0.2, 0) is 4.79 Å². The summed E-state index contributed by atoms with van der Waals surface area (Å²) in [7, 11) is 1.54. The lowest BCUT2D eigenvalue weighted by atomic mass is 10.2. The zero-order chi connectivity index (χ0) is 23.7. The molecule has 5 aromatic rings. The zero-order valence-corrected chi connectivity index (χ0v) is 18.8. The molecule has 0 spiro atoms. The number of nitrogens with zero attached hydrogens (tertiary/aromatic N) is 2. The van der Waals surface area contributed by atoms with E-state index in [-0.39, 0.29) is 28.1 Å². The minimum absolute atomic E-state index is 0.0228. The highest BCUT2D eigenvalue weighted by Crippen LogP contribution is 2.29. The SMILES string of the molecule is COc1cccc(NC(=O)CSc2nc3c(oc4ccccc43)c(=O)n2-c2ccccc2F)c1. The molecule has 0 bridgehead atoms. The number of fused-ring (bicyclic) bond motifs is 3. The van der Waals surface area contributed by atoms with Crippen LogP contribution < -0.4 is 15.6 Å². The number of nitrogens with one attached hydrogen (secondary N) is 1. The van der Waals surface area contributed by atoms with Crippen LogP contribution in [0.3, 0.4) is 0 Å². The summed E-state index contributed by atoms with van der Waals surface area (Å²) >= 11 is 1.03. The van der Waals surface area contributed by atoms with Gasteiger partial charge in [-0.2, -0.15) is 0 Å². The van der Waals surface area contributed by atoms with Gasteiger partial charge in [-0.05, 0) is 36.4 Å². The summed E-state index contributed by atoms with van der Waals surface area (Å²) in [5, 5.41) is 3.63. The third kappa shape index (κ3) is 4.01. The van der Waals surface area contributed by atoms with Crippen LogP contribution in [0.1, 0.15) is 0 Å². The first-order chi connectivity index (χ1) is 16.5. The zero-order valence-electron chi connectivity index (χ0n) is 17.9. The first-order valence-corrected chi connectivity index (χ1v) is 11.3. The Hall–Kier alpha value is -4.11. The molecule has 0 aliphatic carbocycles. The molecule has 0 radical (unpaired) electrons. The van der Waals surface area contributed by atoms with E-state index in [0.29, 0.717) is 27.9 Å². The molecule has 2 aromatic heterocycles. The lowest BCUT2D eigenvalue weighted by Gasteiger charge is -2.12. The molecule has 0 fully saturated rings. The van der Waals surface area contributed by atoms with Crippen molar-refractivity contribution in [2.75, 3.05) is 18.2 Å². The molecule has 1 amide bonds. The van der Waals surface area contributed by atoms with Crippen LogP contribution in [0.5, 0.6) is 5.75 Å². The molecule has 0 atom stereocenters. The van der Waals surface area contributed by atoms with Crippen molar-refractivity contribution >= 4 is 45.4 Å². The van der Waals surface area contributed by atoms with Crippen LogP contribution in [-0.4, -0.2) is 28.3 Å². The first-order valence-electron chi connectivity index (χ1n) is 10.3. The van der Waals surface area contributed by atoms with Crippen LogP contribution in [0.25, 0.3) is 27.8 Å². The number of amides is 1. The second-order valence-corrected chi connectivity index (χ2v) is 8.27. The van der Waals surface area contributed by atoms with Crippen LogP contribution >= 0.6 is 11.8 Å². The molecule has 7 nitrogen and oxygen atoms in total. The number of hydrogen-bond donors (Lipinski definition) is 1. The Morgan fingerprint density at radius 1 is 1.12 bits per heavy atom. The normalized spacial score (nSPS) is 11.1. The minimum Gasteiger partial charge on any atom is -0.497 e. The molecule has 1 N–H and O–H groups in total. The van der Waals surface area contributed by atoms with Crippen LogP contribution in [0.4, 0.5) is 10.1 Å². The van der Waals surface area contributed by atoms with E-state index in [0.717, 1.165) is 16.3 Å². The van der Waals surface area contributed by atoms with Crippen molar-refractivity contribution in [2.24, 2.45) is 0 Å². The highest BCUT2D eigenvalue weighted by Gasteiger charge is 2.21. The lowest BCUT2D eigenvalue weighted by molar-refractivity contribution is -0.113. The Labute approximate surface area is 197 Å². The number of methoxy groups -OCH3 is 1. The molecule has 170 valence electrons. The van der Waals surface area contributed by atoms with Crippen molar-refractivity contribution in [3.8, 4) is 11.4 Å². The highest BCUT2D eigenvalue weighted by atomic mass is 32.2. The van der Waals surface area contributed by atoms with Crippen molar-refractivity contribution in [2.45, 2.75) is 5.16 Å². The van der Waals surface area contributed by atoms with Crippen molar-refractivity contribution in [3.63, 3.8) is 0 Å². The molecule has 5 rings (SSSR count). The van der Waals surface area contributed by atoms with Gasteiger partial charge in [0, 0.05) is 17.1 Å². The van der Waals surface area contributed by atoms with E-state index in [2.05, 4.69) is 10.3 Å². The van der Waals surface area contributed by atoms with E-state index in [1.54, 1.807) is 55.6 Å². The first kappa shape index (κ1) is 21.7. The topological polar surface area (TPSA) is 86.4 Å². The van der Waals surface area contributed by atoms with Crippen LogP contribution in [0.15, 0.2) is 87.2 Å². The monoisotopic (exact) mass is 475 g/mol. The molecule has 0 unspecified atom stereocenters. The van der Waals surface area contributed by atoms with Crippen LogP contribution in [0.2, 0.25) is 0 Å². The molecule has 0 saturated carbocycles. The van der Waals surface area contributed by atoms with Gasteiger partial charge in [-0.25, -0.2) is 13.9 Å². The Balaban J connectivity index is 1.55. The summed E-state index contributed by atoms with van der Waals surface area (Å²) in [4.78, 5) is 30.7. The maximum Gasteiger partial charge on any atom is 0.302 e. The van der Waals surface area contributed by atoms with Gasteiger partial charge in [-0.1, -0.05) is 42.1 Å². The van der Waals surface area contributed by atoms with Gasteiger partial charge < -0.3 is 14.5 Å². The Bertz CT molecular complexity index is 1590. The van der Waals surface area contributed by atoms with Crippen molar-refractivity contribution in [1.82, 2.24) is 9.55 Å². The Morgan fingerprint density at radius 3 is 2.74 bits per heavy atom.